The molecule has 0 amide bonds. The minimum Gasteiger partial charge on any atom is -0.507 e. The molecule has 0 atom stereocenters. The molecule has 5 heteroatoms. The highest BCUT2D eigenvalue weighted by molar-refractivity contribution is 7.21. The third-order valence-electron chi connectivity index (χ3n) is 10.4. The van der Waals surface area contributed by atoms with E-state index in [1.807, 2.05) is 42.5 Å². The number of hydrogen-bond acceptors (Lipinski definition) is 4. The van der Waals surface area contributed by atoms with Crippen molar-refractivity contribution < 1.29 is 5.11 Å². The first-order chi connectivity index (χ1) is 26.9. The Morgan fingerprint density at radius 3 is 1.96 bits per heavy atom. The maximum atomic E-state index is 11.5. The lowest BCUT2D eigenvalue weighted by Gasteiger charge is -2.27. The number of para-hydroxylation sites is 1. The molecule has 0 fully saturated rings. The van der Waals surface area contributed by atoms with E-state index in [9.17, 15) is 5.11 Å². The fourth-order valence-electron chi connectivity index (χ4n) is 7.23. The van der Waals surface area contributed by atoms with E-state index in [0.717, 1.165) is 71.0 Å². The van der Waals surface area contributed by atoms with Gasteiger partial charge in [0.1, 0.15) is 10.8 Å². The number of aliphatic imine (C=N–C) groups is 1. The maximum absolute atomic E-state index is 11.5. The highest BCUT2D eigenvalue weighted by Gasteiger charge is 2.25. The molecule has 0 aliphatic heterocycles. The van der Waals surface area contributed by atoms with Gasteiger partial charge in [-0.2, -0.15) is 0 Å². The highest BCUT2D eigenvalue weighted by atomic mass is 32.1. The zero-order valence-corrected chi connectivity index (χ0v) is 33.4. The first-order valence-corrected chi connectivity index (χ1v) is 19.7. The summed E-state index contributed by atoms with van der Waals surface area (Å²) in [6, 6.07) is 48.2. The second kappa shape index (κ2) is 14.4. The summed E-state index contributed by atoms with van der Waals surface area (Å²) >= 11 is 1.67. The molecule has 1 heterocycles. The van der Waals surface area contributed by atoms with E-state index in [-0.39, 0.29) is 16.6 Å². The molecule has 1 N–H and O–H groups in total. The van der Waals surface area contributed by atoms with Crippen LogP contribution in [0.3, 0.4) is 0 Å². The number of rotatable bonds is 6. The largest absolute Gasteiger partial charge is 0.507 e. The van der Waals surface area contributed by atoms with Crippen molar-refractivity contribution in [3.63, 3.8) is 0 Å². The van der Waals surface area contributed by atoms with Crippen molar-refractivity contribution in [1.82, 2.24) is 4.98 Å². The summed E-state index contributed by atoms with van der Waals surface area (Å²) in [7, 11) is 0. The molecule has 0 radical (unpaired) electrons. The van der Waals surface area contributed by atoms with Crippen LogP contribution in [-0.4, -0.2) is 16.3 Å². The molecule has 0 unspecified atom stereocenters. The van der Waals surface area contributed by atoms with Gasteiger partial charge in [-0.25, -0.2) is 9.83 Å². The molecule has 274 valence electrons. The van der Waals surface area contributed by atoms with Gasteiger partial charge < -0.3 is 5.11 Å². The Labute approximate surface area is 333 Å². The van der Waals surface area contributed by atoms with Crippen molar-refractivity contribution in [3.05, 3.63) is 168 Å². The fraction of sp³-hybridized carbons (Fsp3) is 0.157. The van der Waals surface area contributed by atoms with Gasteiger partial charge >= 0.3 is 0 Å². The molecule has 0 bridgehead atoms. The van der Waals surface area contributed by atoms with E-state index in [1.165, 1.54) is 10.8 Å². The van der Waals surface area contributed by atoms with Crippen LogP contribution >= 0.6 is 11.3 Å². The number of thiazole rings is 1. The normalized spacial score (nSPS) is 12.1. The van der Waals surface area contributed by atoms with Gasteiger partial charge in [-0.15, -0.1) is 11.3 Å². The summed E-state index contributed by atoms with van der Waals surface area (Å²) in [6.07, 6.45) is 1.80. The Kier molecular flexibility index (Phi) is 9.40. The van der Waals surface area contributed by atoms with Gasteiger partial charge in [0.25, 0.3) is 0 Å². The molecule has 4 nitrogen and oxygen atoms in total. The van der Waals surface area contributed by atoms with Crippen LogP contribution in [0.2, 0.25) is 0 Å². The van der Waals surface area contributed by atoms with Crippen LogP contribution in [0, 0.1) is 6.57 Å². The van der Waals surface area contributed by atoms with E-state index >= 15 is 0 Å². The smallest absolute Gasteiger partial charge is 0.187 e. The number of aromatic hydroxyl groups is 1. The average molecular weight is 746 g/mol. The molecule has 0 saturated carbocycles. The van der Waals surface area contributed by atoms with E-state index in [1.54, 1.807) is 17.6 Å². The average Bonchev–Trinajstić information content (AvgIpc) is 3.63. The molecular formula is C51H43N3OS. The van der Waals surface area contributed by atoms with Crippen molar-refractivity contribution in [1.29, 1.82) is 0 Å². The number of phenolic OH excluding ortho intramolecular Hbond substituents is 1. The number of fused-ring (bicyclic) bond motifs is 2. The quantitative estimate of drug-likeness (QED) is 0.136. The topological polar surface area (TPSA) is 49.8 Å². The van der Waals surface area contributed by atoms with Crippen molar-refractivity contribution in [2.45, 2.75) is 52.4 Å². The lowest BCUT2D eigenvalue weighted by molar-refractivity contribution is 0.444. The van der Waals surface area contributed by atoms with Gasteiger partial charge in [0.15, 0.2) is 5.69 Å². The van der Waals surface area contributed by atoms with Gasteiger partial charge in [0.05, 0.1) is 22.5 Å². The minimum atomic E-state index is -0.235. The summed E-state index contributed by atoms with van der Waals surface area (Å²) in [5.74, 6) is 0.269. The fourth-order valence-corrected chi connectivity index (χ4v) is 8.29. The summed E-state index contributed by atoms with van der Waals surface area (Å²) < 4.78 is 1.09. The van der Waals surface area contributed by atoms with Crippen molar-refractivity contribution >= 4 is 49.9 Å². The highest BCUT2D eigenvalue weighted by Crippen LogP contribution is 2.44. The van der Waals surface area contributed by atoms with Gasteiger partial charge in [0, 0.05) is 28.5 Å². The number of hydrogen-bond donors (Lipinski definition) is 1. The Balaban J connectivity index is 1.25. The Morgan fingerprint density at radius 1 is 0.643 bits per heavy atom. The Hall–Kier alpha value is -6.35. The summed E-state index contributed by atoms with van der Waals surface area (Å²) in [6.45, 7) is 20.3. The van der Waals surface area contributed by atoms with Crippen molar-refractivity contribution in [2.24, 2.45) is 4.99 Å². The third kappa shape index (κ3) is 7.12. The lowest BCUT2D eigenvalue weighted by atomic mass is 9.79. The molecule has 8 aromatic rings. The molecule has 8 rings (SSSR count). The van der Waals surface area contributed by atoms with Crippen molar-refractivity contribution in [2.75, 3.05) is 0 Å². The van der Waals surface area contributed by atoms with Crippen LogP contribution in [0.4, 0.5) is 11.4 Å². The third-order valence-corrected chi connectivity index (χ3v) is 11.4. The molecular weight excluding hydrogens is 703 g/mol. The van der Waals surface area contributed by atoms with E-state index in [2.05, 4.69) is 143 Å². The first-order valence-electron chi connectivity index (χ1n) is 18.9. The molecule has 0 aliphatic rings. The monoisotopic (exact) mass is 745 g/mol. The van der Waals surface area contributed by atoms with E-state index in [4.69, 9.17) is 16.5 Å². The van der Waals surface area contributed by atoms with Gasteiger partial charge in [-0.05, 0) is 85.3 Å². The van der Waals surface area contributed by atoms with Crippen LogP contribution < -0.4 is 0 Å². The summed E-state index contributed by atoms with van der Waals surface area (Å²) in [5.41, 5.74) is 12.4. The van der Waals surface area contributed by atoms with Crippen LogP contribution in [0.15, 0.2) is 145 Å². The Morgan fingerprint density at radius 2 is 1.27 bits per heavy atom. The van der Waals surface area contributed by atoms with Crippen LogP contribution in [0.1, 0.15) is 58.2 Å². The molecule has 56 heavy (non-hydrogen) atoms. The predicted molar refractivity (Wildman–Crippen MR) is 238 cm³/mol. The van der Waals surface area contributed by atoms with Crippen LogP contribution in [0.25, 0.3) is 69.8 Å². The van der Waals surface area contributed by atoms with Gasteiger partial charge in [-0.3, -0.25) is 4.99 Å². The maximum Gasteiger partial charge on any atom is 0.187 e. The predicted octanol–water partition coefficient (Wildman–Crippen LogP) is 14.7. The first kappa shape index (κ1) is 36.6. The lowest BCUT2D eigenvalue weighted by Crippen LogP contribution is -2.17. The SMILES string of the molecule is [C-]#[N+]c1ccc(-c2ccc(-c3cc(-c4cccc5ccccc45)c4nc(-c5ccccc5N=Cc5cc(C(C)(C)C)cc(C(C)(C)C)c5O)sc4c3)cc2)cc1. The standard InChI is InChI=1S/C51H43N3OS/c1-50(2,3)38-27-37(48(55)44(30-38)51(4,5)6)31-53-45-18-11-10-16-42(45)49-54-47-43(41-17-12-14-35-13-8-9-15-40(35)41)28-36(29-46(47)56-49)34-21-19-32(20-22-34)33-23-25-39(52-7)26-24-33/h8-31,55H,1-6H3. The molecule has 0 spiro atoms. The second-order valence-corrected chi connectivity index (χ2v) is 17.4. The Bertz CT molecular complexity index is 2820. The minimum absolute atomic E-state index is 0.0935. The zero-order chi connectivity index (χ0) is 39.2. The molecule has 0 saturated heterocycles. The van der Waals surface area contributed by atoms with Gasteiger partial charge in [-0.1, -0.05) is 151 Å². The van der Waals surface area contributed by atoms with Crippen LogP contribution in [-0.2, 0) is 10.8 Å². The summed E-state index contributed by atoms with van der Waals surface area (Å²) in [5, 5.41) is 14.7. The molecule has 7 aromatic carbocycles. The second-order valence-electron chi connectivity index (χ2n) is 16.4. The number of phenols is 1. The van der Waals surface area contributed by atoms with E-state index in [0.29, 0.717) is 11.3 Å². The molecule has 1 aromatic heterocycles. The van der Waals surface area contributed by atoms with Crippen molar-refractivity contribution in [3.8, 4) is 49.7 Å². The van der Waals surface area contributed by atoms with Crippen LogP contribution in [0.5, 0.6) is 5.75 Å². The summed E-state index contributed by atoms with van der Waals surface area (Å²) in [4.78, 5) is 13.9. The zero-order valence-electron chi connectivity index (χ0n) is 32.6. The number of nitrogens with zero attached hydrogens (tertiary/aromatic N) is 3. The number of benzene rings is 7. The van der Waals surface area contributed by atoms with Gasteiger partial charge in [0.2, 0.25) is 0 Å². The number of aromatic nitrogens is 1. The van der Waals surface area contributed by atoms with E-state index < -0.39 is 0 Å². The molecule has 0 aliphatic carbocycles.